The Hall–Kier alpha value is -1.71. The van der Waals surface area contributed by atoms with Gasteiger partial charge in [0.2, 0.25) is 0 Å². The average Bonchev–Trinajstić information content (AvgIpc) is 2.78. The fourth-order valence-electron chi connectivity index (χ4n) is 2.49. The molecule has 0 aliphatic heterocycles. The first kappa shape index (κ1) is 27.3. The number of phenolic OH excluding ortho intramolecular Hbond substituents is 1. The van der Waals surface area contributed by atoms with Crippen LogP contribution in [0.4, 0.5) is 0 Å². The monoisotopic (exact) mass is 442 g/mol. The van der Waals surface area contributed by atoms with Gasteiger partial charge in [-0.05, 0) is 30.7 Å². The molecular weight excluding hydrogens is 404 g/mol. The summed E-state index contributed by atoms with van der Waals surface area (Å²) in [5.74, 6) is -0.344. The molecule has 0 radical (unpaired) electrons. The van der Waals surface area contributed by atoms with Crippen molar-refractivity contribution in [3.05, 3.63) is 29.8 Å². The SMILES string of the molecule is CCCCCCOCCOCCOCCOCCOCCOC(=O)c1ccc(O)cc1. The Balaban J connectivity index is 1.74. The Bertz CT molecular complexity index is 535. The molecule has 31 heavy (non-hydrogen) atoms. The standard InChI is InChI=1S/C23H38O8/c1-2-3-4-5-10-26-11-12-27-13-14-28-15-16-29-17-18-30-19-20-31-23(25)21-6-8-22(24)9-7-21/h6-9,24H,2-5,10-20H2,1H3. The van der Waals surface area contributed by atoms with Crippen LogP contribution in [0.1, 0.15) is 43.0 Å². The van der Waals surface area contributed by atoms with Gasteiger partial charge in [-0.15, -0.1) is 0 Å². The van der Waals surface area contributed by atoms with Gasteiger partial charge in [0.25, 0.3) is 0 Å². The minimum absolute atomic E-state index is 0.104. The lowest BCUT2D eigenvalue weighted by Gasteiger charge is -2.08. The van der Waals surface area contributed by atoms with Gasteiger partial charge in [-0.25, -0.2) is 4.79 Å². The Kier molecular flexibility index (Phi) is 17.8. The van der Waals surface area contributed by atoms with Crippen molar-refractivity contribution < 1.29 is 38.3 Å². The van der Waals surface area contributed by atoms with Crippen LogP contribution < -0.4 is 0 Å². The highest BCUT2D eigenvalue weighted by molar-refractivity contribution is 5.89. The van der Waals surface area contributed by atoms with E-state index in [2.05, 4.69) is 6.92 Å². The maximum Gasteiger partial charge on any atom is 0.338 e. The van der Waals surface area contributed by atoms with Gasteiger partial charge in [-0.3, -0.25) is 0 Å². The fourth-order valence-corrected chi connectivity index (χ4v) is 2.49. The van der Waals surface area contributed by atoms with E-state index < -0.39 is 5.97 Å². The van der Waals surface area contributed by atoms with Crippen LogP contribution in [-0.4, -0.2) is 83.8 Å². The summed E-state index contributed by atoms with van der Waals surface area (Å²) in [6.07, 6.45) is 4.87. The molecule has 0 atom stereocenters. The molecule has 0 aliphatic carbocycles. The van der Waals surface area contributed by atoms with Gasteiger partial charge in [0.1, 0.15) is 12.4 Å². The molecule has 1 aromatic carbocycles. The summed E-state index contributed by atoms with van der Waals surface area (Å²) in [4.78, 5) is 11.7. The number of ether oxygens (including phenoxy) is 6. The van der Waals surface area contributed by atoms with Crippen LogP contribution in [0.25, 0.3) is 0 Å². The number of hydrogen-bond donors (Lipinski definition) is 1. The van der Waals surface area contributed by atoms with Crippen LogP contribution in [0, 0.1) is 0 Å². The molecule has 8 heteroatoms. The first-order valence-corrected chi connectivity index (χ1v) is 11.1. The summed E-state index contributed by atoms with van der Waals surface area (Å²) in [5.41, 5.74) is 0.387. The van der Waals surface area contributed by atoms with Gasteiger partial charge in [-0.2, -0.15) is 0 Å². The van der Waals surface area contributed by atoms with E-state index in [-0.39, 0.29) is 12.4 Å². The quantitative estimate of drug-likeness (QED) is 0.229. The number of rotatable bonds is 21. The van der Waals surface area contributed by atoms with Crippen molar-refractivity contribution in [2.24, 2.45) is 0 Å². The fraction of sp³-hybridized carbons (Fsp3) is 0.696. The molecule has 1 rings (SSSR count). The normalized spacial score (nSPS) is 11.0. The molecule has 0 spiro atoms. The first-order valence-electron chi connectivity index (χ1n) is 11.1. The number of benzene rings is 1. The van der Waals surface area contributed by atoms with E-state index in [0.717, 1.165) is 13.0 Å². The van der Waals surface area contributed by atoms with Crippen molar-refractivity contribution >= 4 is 5.97 Å². The molecule has 1 N–H and O–H groups in total. The predicted octanol–water partition coefficient (Wildman–Crippen LogP) is 3.21. The largest absolute Gasteiger partial charge is 0.508 e. The van der Waals surface area contributed by atoms with Crippen LogP contribution in [-0.2, 0) is 28.4 Å². The lowest BCUT2D eigenvalue weighted by molar-refractivity contribution is -0.0153. The highest BCUT2D eigenvalue weighted by Gasteiger charge is 2.06. The van der Waals surface area contributed by atoms with E-state index in [1.807, 2.05) is 0 Å². The third-order valence-corrected chi connectivity index (χ3v) is 4.19. The highest BCUT2D eigenvalue weighted by Crippen LogP contribution is 2.10. The summed E-state index contributed by atoms with van der Waals surface area (Å²) in [5, 5.41) is 9.19. The number of carbonyl (C=O) groups is 1. The number of hydrogen-bond acceptors (Lipinski definition) is 8. The Morgan fingerprint density at radius 2 is 1.10 bits per heavy atom. The van der Waals surface area contributed by atoms with Gasteiger partial charge in [0.15, 0.2) is 0 Å². The zero-order chi connectivity index (χ0) is 22.4. The van der Waals surface area contributed by atoms with Gasteiger partial charge in [-0.1, -0.05) is 26.2 Å². The molecule has 0 unspecified atom stereocenters. The number of esters is 1. The smallest absolute Gasteiger partial charge is 0.338 e. The highest BCUT2D eigenvalue weighted by atomic mass is 16.6. The molecule has 0 saturated carbocycles. The predicted molar refractivity (Wildman–Crippen MR) is 117 cm³/mol. The Labute approximate surface area is 185 Å². The third-order valence-electron chi connectivity index (χ3n) is 4.19. The zero-order valence-electron chi connectivity index (χ0n) is 18.7. The van der Waals surface area contributed by atoms with Crippen LogP contribution >= 0.6 is 0 Å². The second kappa shape index (κ2) is 20.2. The molecule has 0 aromatic heterocycles. The summed E-state index contributed by atoms with van der Waals surface area (Å²) in [7, 11) is 0. The van der Waals surface area contributed by atoms with E-state index in [1.165, 1.54) is 43.5 Å². The topological polar surface area (TPSA) is 92.7 Å². The molecule has 1 aromatic rings. The number of unbranched alkanes of at least 4 members (excludes halogenated alkanes) is 3. The van der Waals surface area contributed by atoms with Crippen molar-refractivity contribution in [1.29, 1.82) is 0 Å². The molecule has 0 saturated heterocycles. The molecule has 0 amide bonds. The Morgan fingerprint density at radius 1 is 0.645 bits per heavy atom. The molecule has 178 valence electrons. The second-order valence-corrected chi connectivity index (χ2v) is 6.81. The maximum absolute atomic E-state index is 11.7. The van der Waals surface area contributed by atoms with Gasteiger partial charge in [0, 0.05) is 6.61 Å². The van der Waals surface area contributed by atoms with Crippen molar-refractivity contribution in [3.63, 3.8) is 0 Å². The number of aromatic hydroxyl groups is 1. The lowest BCUT2D eigenvalue weighted by atomic mass is 10.2. The van der Waals surface area contributed by atoms with Crippen molar-refractivity contribution in [2.75, 3.05) is 72.7 Å². The van der Waals surface area contributed by atoms with Gasteiger partial charge >= 0.3 is 5.97 Å². The van der Waals surface area contributed by atoms with Gasteiger partial charge in [0.05, 0.1) is 65.0 Å². The molecule has 8 nitrogen and oxygen atoms in total. The van der Waals surface area contributed by atoms with E-state index in [1.54, 1.807) is 0 Å². The summed E-state index contributed by atoms with van der Waals surface area (Å²) < 4.78 is 32.2. The van der Waals surface area contributed by atoms with Crippen molar-refractivity contribution in [2.45, 2.75) is 32.6 Å². The van der Waals surface area contributed by atoms with Crippen molar-refractivity contribution in [1.82, 2.24) is 0 Å². The molecule has 0 aliphatic rings. The van der Waals surface area contributed by atoms with Crippen molar-refractivity contribution in [3.8, 4) is 5.75 Å². The van der Waals surface area contributed by atoms with E-state index in [4.69, 9.17) is 28.4 Å². The van der Waals surface area contributed by atoms with E-state index >= 15 is 0 Å². The summed E-state index contributed by atoms with van der Waals surface area (Å²) in [6, 6.07) is 5.89. The van der Waals surface area contributed by atoms with Crippen LogP contribution in [0.3, 0.4) is 0 Å². The third kappa shape index (κ3) is 16.6. The van der Waals surface area contributed by atoms with E-state index in [0.29, 0.717) is 65.0 Å². The minimum atomic E-state index is -0.448. The first-order chi connectivity index (χ1) is 15.2. The second-order valence-electron chi connectivity index (χ2n) is 6.81. The number of carbonyl (C=O) groups excluding carboxylic acids is 1. The molecule has 0 fully saturated rings. The molecule has 0 bridgehead atoms. The average molecular weight is 443 g/mol. The van der Waals surface area contributed by atoms with E-state index in [9.17, 15) is 9.90 Å². The minimum Gasteiger partial charge on any atom is -0.508 e. The molecule has 0 heterocycles. The summed E-state index contributed by atoms with van der Waals surface area (Å²) in [6.45, 7) is 7.61. The molecular formula is C23H38O8. The number of phenols is 1. The van der Waals surface area contributed by atoms with Crippen LogP contribution in [0.5, 0.6) is 5.75 Å². The summed E-state index contributed by atoms with van der Waals surface area (Å²) >= 11 is 0. The maximum atomic E-state index is 11.7. The van der Waals surface area contributed by atoms with Crippen LogP contribution in [0.2, 0.25) is 0 Å². The van der Waals surface area contributed by atoms with Crippen LogP contribution in [0.15, 0.2) is 24.3 Å². The van der Waals surface area contributed by atoms with Gasteiger partial charge < -0.3 is 33.5 Å². The zero-order valence-corrected chi connectivity index (χ0v) is 18.7. The Morgan fingerprint density at radius 3 is 1.58 bits per heavy atom. The lowest BCUT2D eigenvalue weighted by Crippen LogP contribution is -2.15.